The van der Waals surface area contributed by atoms with E-state index in [1.54, 1.807) is 13.8 Å². The second-order valence-electron chi connectivity index (χ2n) is 15.7. The Morgan fingerprint density at radius 3 is 1.79 bits per heavy atom. The first-order valence-corrected chi connectivity index (χ1v) is 17.1. The molecule has 4 nitrogen and oxygen atoms in total. The van der Waals surface area contributed by atoms with E-state index in [1.165, 1.54) is 7.11 Å². The van der Waals surface area contributed by atoms with Crippen LogP contribution < -0.4 is 0 Å². The summed E-state index contributed by atoms with van der Waals surface area (Å²) in [6.07, 6.45) is -13.1. The van der Waals surface area contributed by atoms with Crippen molar-refractivity contribution in [1.82, 2.24) is 0 Å². The minimum absolute atomic E-state index is 0.00984. The lowest BCUT2D eigenvalue weighted by atomic mass is 9.55. The maximum atomic E-state index is 15.8. The number of halogens is 10. The molecule has 0 saturated heterocycles. The van der Waals surface area contributed by atoms with E-state index in [9.17, 15) is 26.3 Å². The van der Waals surface area contributed by atoms with E-state index in [1.807, 2.05) is 27.7 Å². The molecule has 3 fully saturated rings. The van der Waals surface area contributed by atoms with Gasteiger partial charge in [0.15, 0.2) is 12.6 Å². The predicted molar refractivity (Wildman–Crippen MR) is 159 cm³/mol. The molecule has 0 N–H and O–H groups in total. The van der Waals surface area contributed by atoms with E-state index in [2.05, 4.69) is 6.92 Å². The molecule has 3 aliphatic rings. The first-order chi connectivity index (χ1) is 21.7. The summed E-state index contributed by atoms with van der Waals surface area (Å²) < 4.78 is 170. The van der Waals surface area contributed by atoms with Gasteiger partial charge in [-0.25, -0.2) is 0 Å². The first-order valence-electron chi connectivity index (χ1n) is 17.1. The van der Waals surface area contributed by atoms with Crippen molar-refractivity contribution < 1.29 is 62.9 Å². The molecule has 0 aromatic rings. The fourth-order valence-electron chi connectivity index (χ4n) is 10.1. The molecule has 48 heavy (non-hydrogen) atoms. The van der Waals surface area contributed by atoms with Crippen LogP contribution in [0.4, 0.5) is 43.9 Å². The maximum absolute atomic E-state index is 15.8. The highest BCUT2D eigenvalue weighted by Crippen LogP contribution is 2.70. The number of hydrogen-bond acceptors (Lipinski definition) is 4. The molecule has 3 aliphatic carbocycles. The van der Waals surface area contributed by atoms with Crippen LogP contribution in [-0.4, -0.2) is 61.7 Å². The van der Waals surface area contributed by atoms with Crippen LogP contribution in [0.15, 0.2) is 0 Å². The zero-order valence-corrected chi connectivity index (χ0v) is 29.5. The Balaban J connectivity index is 2.14. The summed E-state index contributed by atoms with van der Waals surface area (Å²) >= 11 is 0. The topological polar surface area (TPSA) is 36.9 Å². The second-order valence-corrected chi connectivity index (χ2v) is 15.7. The van der Waals surface area contributed by atoms with Crippen molar-refractivity contribution >= 4 is 0 Å². The lowest BCUT2D eigenvalue weighted by Crippen LogP contribution is -2.76. The standard InChI is InChI=1S/C34H54F10O4/c1-10-15-46-21(4)48-30(31(35,36)33(39,40)41,32(37,38)34(42,43)44)25-18-22-16-23(25)24(17-22)27(5,6)19-28(7,11-2)26-13-12-14-29(26,8)47-20(3)45-9/h20-26H,10-19H2,1-9H3. The average molecular weight is 717 g/mol. The van der Waals surface area contributed by atoms with Crippen LogP contribution in [0.25, 0.3) is 0 Å². The molecular weight excluding hydrogens is 662 g/mol. The molecule has 0 heterocycles. The minimum Gasteiger partial charge on any atom is -0.356 e. The van der Waals surface area contributed by atoms with Crippen LogP contribution in [0, 0.1) is 40.4 Å². The summed E-state index contributed by atoms with van der Waals surface area (Å²) in [5, 5.41) is 0. The lowest BCUT2D eigenvalue weighted by Gasteiger charge is -2.55. The van der Waals surface area contributed by atoms with E-state index in [-0.39, 0.29) is 25.4 Å². The van der Waals surface area contributed by atoms with E-state index < -0.39 is 88.9 Å². The third-order valence-corrected chi connectivity index (χ3v) is 12.1. The van der Waals surface area contributed by atoms with Crippen molar-refractivity contribution in [2.24, 2.45) is 40.4 Å². The highest BCUT2D eigenvalue weighted by atomic mass is 19.4. The van der Waals surface area contributed by atoms with Gasteiger partial charge in [0.2, 0.25) is 5.60 Å². The van der Waals surface area contributed by atoms with Crippen LogP contribution in [0.2, 0.25) is 0 Å². The van der Waals surface area contributed by atoms with Crippen LogP contribution in [0.5, 0.6) is 0 Å². The number of alkyl halides is 10. The summed E-state index contributed by atoms with van der Waals surface area (Å²) in [7, 11) is 1.52. The highest BCUT2D eigenvalue weighted by molar-refractivity contribution is 5.19. The zero-order valence-electron chi connectivity index (χ0n) is 29.5. The van der Waals surface area contributed by atoms with E-state index in [4.69, 9.17) is 18.9 Å². The Hall–Kier alpha value is -0.860. The highest BCUT2D eigenvalue weighted by Gasteiger charge is 2.89. The molecule has 9 atom stereocenters. The smallest absolute Gasteiger partial charge is 0.356 e. The second kappa shape index (κ2) is 13.9. The third kappa shape index (κ3) is 7.12. The van der Waals surface area contributed by atoms with E-state index >= 15 is 17.6 Å². The molecule has 0 aliphatic heterocycles. The SMILES string of the molecule is CCCOC(C)OC(C1CC2CC1C(C(C)(C)CC(C)(CC)C1CCCC1(C)OC(C)OC)C2)(C(F)(F)C(F)(F)F)C(F)(F)C(F)(F)F. The van der Waals surface area contributed by atoms with Gasteiger partial charge in [-0.15, -0.1) is 0 Å². The number of rotatable bonds is 16. The molecule has 0 aromatic heterocycles. The van der Waals surface area contributed by atoms with Crippen molar-refractivity contribution in [1.29, 1.82) is 0 Å². The van der Waals surface area contributed by atoms with Gasteiger partial charge in [-0.05, 0) is 100 Å². The van der Waals surface area contributed by atoms with Gasteiger partial charge >= 0.3 is 24.2 Å². The molecule has 3 rings (SSSR count). The van der Waals surface area contributed by atoms with Crippen molar-refractivity contribution in [2.75, 3.05) is 13.7 Å². The number of fused-ring (bicyclic) bond motifs is 2. The molecule has 0 aromatic carbocycles. The normalized spacial score (nSPS) is 31.7. The molecule has 284 valence electrons. The Labute approximate surface area is 278 Å². The zero-order chi connectivity index (χ0) is 36.9. The van der Waals surface area contributed by atoms with Gasteiger partial charge in [0, 0.05) is 19.6 Å². The molecule has 0 radical (unpaired) electrons. The molecule has 2 bridgehead atoms. The summed E-state index contributed by atoms with van der Waals surface area (Å²) in [4.78, 5) is 0. The van der Waals surface area contributed by atoms with Gasteiger partial charge in [-0.2, -0.15) is 43.9 Å². The Morgan fingerprint density at radius 2 is 1.33 bits per heavy atom. The van der Waals surface area contributed by atoms with Crippen molar-refractivity contribution in [3.63, 3.8) is 0 Å². The fraction of sp³-hybridized carbons (Fsp3) is 1.00. The van der Waals surface area contributed by atoms with E-state index in [0.29, 0.717) is 19.3 Å². The Kier molecular flexibility index (Phi) is 12.1. The number of ether oxygens (including phenoxy) is 4. The molecule has 0 amide bonds. The largest absolute Gasteiger partial charge is 0.456 e. The Morgan fingerprint density at radius 1 is 0.792 bits per heavy atom. The third-order valence-electron chi connectivity index (χ3n) is 12.1. The fourth-order valence-corrected chi connectivity index (χ4v) is 10.1. The minimum atomic E-state index is -6.79. The summed E-state index contributed by atoms with van der Waals surface area (Å²) in [5.74, 6) is -18.4. The summed E-state index contributed by atoms with van der Waals surface area (Å²) in [5.41, 5.74) is -7.20. The lowest BCUT2D eigenvalue weighted by molar-refractivity contribution is -0.461. The Bertz CT molecular complexity index is 1050. The molecule has 9 unspecified atom stereocenters. The molecule has 0 spiro atoms. The average Bonchev–Trinajstić information content (AvgIpc) is 3.68. The van der Waals surface area contributed by atoms with E-state index in [0.717, 1.165) is 26.2 Å². The van der Waals surface area contributed by atoms with Gasteiger partial charge < -0.3 is 18.9 Å². The molecule has 3 saturated carbocycles. The van der Waals surface area contributed by atoms with Crippen LogP contribution >= 0.6 is 0 Å². The monoisotopic (exact) mass is 716 g/mol. The van der Waals surface area contributed by atoms with Crippen LogP contribution in [-0.2, 0) is 18.9 Å². The molecule has 14 heteroatoms. The van der Waals surface area contributed by atoms with Gasteiger partial charge in [0.25, 0.3) is 0 Å². The van der Waals surface area contributed by atoms with Crippen molar-refractivity contribution in [2.45, 2.75) is 161 Å². The van der Waals surface area contributed by atoms with Crippen molar-refractivity contribution in [3.8, 4) is 0 Å². The van der Waals surface area contributed by atoms with Gasteiger partial charge in [0.05, 0.1) is 5.60 Å². The summed E-state index contributed by atoms with van der Waals surface area (Å²) in [6, 6.07) is 0. The maximum Gasteiger partial charge on any atom is 0.456 e. The van der Waals surface area contributed by atoms with Crippen molar-refractivity contribution in [3.05, 3.63) is 0 Å². The van der Waals surface area contributed by atoms with Crippen LogP contribution in [0.1, 0.15) is 113 Å². The quantitative estimate of drug-likeness (QED) is 0.118. The predicted octanol–water partition coefficient (Wildman–Crippen LogP) is 11.0. The van der Waals surface area contributed by atoms with Crippen LogP contribution in [0.3, 0.4) is 0 Å². The van der Waals surface area contributed by atoms with Gasteiger partial charge in [0.1, 0.15) is 0 Å². The number of methoxy groups -OCH3 is 1. The van der Waals surface area contributed by atoms with Gasteiger partial charge in [-0.1, -0.05) is 47.5 Å². The van der Waals surface area contributed by atoms with Gasteiger partial charge in [-0.3, -0.25) is 0 Å². The molecular formula is C34H54F10O4. The summed E-state index contributed by atoms with van der Waals surface area (Å²) in [6.45, 7) is 13.4. The first kappa shape index (κ1) is 41.6. The number of hydrogen-bond donors (Lipinski definition) is 0.